The summed E-state index contributed by atoms with van der Waals surface area (Å²) in [6, 6.07) is 14.8. The number of carbonyl (C=O) groups is 1. The van der Waals surface area contributed by atoms with Crippen molar-refractivity contribution in [1.82, 2.24) is 15.8 Å². The first-order valence-electron chi connectivity index (χ1n) is 9.91. The van der Waals surface area contributed by atoms with Crippen molar-refractivity contribution in [1.29, 1.82) is 0 Å². The van der Waals surface area contributed by atoms with Crippen LogP contribution in [0.5, 0.6) is 0 Å². The molecule has 2 heterocycles. The number of aryl methyl sites for hydroxylation is 1. The summed E-state index contributed by atoms with van der Waals surface area (Å²) in [5.74, 6) is 0.683. The fourth-order valence-electron chi connectivity index (χ4n) is 3.61. The van der Waals surface area contributed by atoms with Crippen molar-refractivity contribution in [3.8, 4) is 0 Å². The predicted molar refractivity (Wildman–Crippen MR) is 118 cm³/mol. The van der Waals surface area contributed by atoms with Crippen LogP contribution in [0.2, 0.25) is 0 Å². The molecule has 0 bridgehead atoms. The van der Waals surface area contributed by atoms with Crippen molar-refractivity contribution in [2.24, 2.45) is 0 Å². The van der Waals surface area contributed by atoms with Crippen LogP contribution in [0.25, 0.3) is 17.0 Å². The van der Waals surface area contributed by atoms with Gasteiger partial charge in [0.2, 0.25) is 0 Å². The molecule has 0 unspecified atom stereocenters. The van der Waals surface area contributed by atoms with Crippen LogP contribution in [0.4, 0.5) is 0 Å². The van der Waals surface area contributed by atoms with E-state index in [0.717, 1.165) is 31.5 Å². The molecule has 1 aliphatic heterocycles. The number of rotatable bonds is 7. The van der Waals surface area contributed by atoms with Crippen molar-refractivity contribution >= 4 is 34.6 Å². The molecule has 29 heavy (non-hydrogen) atoms. The smallest absolute Gasteiger partial charge is 0.267 e. The van der Waals surface area contributed by atoms with Gasteiger partial charge in [0.15, 0.2) is 0 Å². The van der Waals surface area contributed by atoms with Gasteiger partial charge in [-0.05, 0) is 66.5 Å². The van der Waals surface area contributed by atoms with Gasteiger partial charge in [-0.3, -0.25) is 10.0 Å². The average Bonchev–Trinajstić information content (AvgIpc) is 3.14. The first kappa shape index (κ1) is 19.8. The van der Waals surface area contributed by atoms with Gasteiger partial charge in [0.1, 0.15) is 0 Å². The number of nitrogens with one attached hydrogen (secondary N) is 3. The van der Waals surface area contributed by atoms with E-state index >= 15 is 0 Å². The zero-order chi connectivity index (χ0) is 20.1. The molecule has 1 aromatic heterocycles. The average molecular weight is 408 g/mol. The summed E-state index contributed by atoms with van der Waals surface area (Å²) in [5, 5.41) is 13.4. The number of hydrogen-bond donors (Lipinski definition) is 4. The largest absolute Gasteiger partial charge is 0.357 e. The number of aromatic nitrogens is 1. The van der Waals surface area contributed by atoms with E-state index in [2.05, 4.69) is 28.5 Å². The highest BCUT2D eigenvalue weighted by atomic mass is 32.2. The maximum absolute atomic E-state index is 11.0. The summed E-state index contributed by atoms with van der Waals surface area (Å²) in [5.41, 5.74) is 7.71. The quantitative estimate of drug-likeness (QED) is 0.206. The Labute approximate surface area is 174 Å². The van der Waals surface area contributed by atoms with Crippen LogP contribution >= 0.6 is 11.8 Å². The number of fused-ring (bicyclic) bond motifs is 3. The molecule has 4 rings (SSSR count). The lowest BCUT2D eigenvalue weighted by atomic mass is 10.1. The molecule has 4 N–H and O–H groups in total. The summed E-state index contributed by atoms with van der Waals surface area (Å²) in [4.78, 5) is 16.0. The zero-order valence-electron chi connectivity index (χ0n) is 16.2. The van der Waals surface area contributed by atoms with Crippen molar-refractivity contribution < 1.29 is 10.0 Å². The first-order valence-corrected chi connectivity index (χ1v) is 10.9. The predicted octanol–water partition coefficient (Wildman–Crippen LogP) is 4.06. The molecule has 0 fully saturated rings. The molecule has 3 aromatic rings. The number of hydroxylamine groups is 1. The van der Waals surface area contributed by atoms with Gasteiger partial charge in [-0.2, -0.15) is 0 Å². The Kier molecular flexibility index (Phi) is 6.34. The minimum atomic E-state index is -0.535. The number of H-pyrrole nitrogens is 1. The van der Waals surface area contributed by atoms with E-state index in [4.69, 9.17) is 5.21 Å². The molecule has 1 amide bonds. The van der Waals surface area contributed by atoms with E-state index in [1.165, 1.54) is 50.9 Å². The summed E-state index contributed by atoms with van der Waals surface area (Å²) in [6.45, 7) is 1.72. The third-order valence-electron chi connectivity index (χ3n) is 5.14. The molecule has 0 atom stereocenters. The van der Waals surface area contributed by atoms with Crippen molar-refractivity contribution in [3.05, 3.63) is 70.9 Å². The molecule has 2 aromatic carbocycles. The Morgan fingerprint density at radius 3 is 2.83 bits per heavy atom. The van der Waals surface area contributed by atoms with Crippen molar-refractivity contribution in [3.63, 3.8) is 0 Å². The second-order valence-electron chi connectivity index (χ2n) is 7.24. The van der Waals surface area contributed by atoms with Crippen LogP contribution in [-0.2, 0) is 24.2 Å². The Morgan fingerprint density at radius 2 is 2.00 bits per heavy atom. The molecule has 150 valence electrons. The normalized spacial score (nSPS) is 13.7. The summed E-state index contributed by atoms with van der Waals surface area (Å²) in [6.07, 6.45) is 6.38. The molecule has 5 nitrogen and oxygen atoms in total. The summed E-state index contributed by atoms with van der Waals surface area (Å²) < 4.78 is 0. The van der Waals surface area contributed by atoms with Crippen LogP contribution < -0.4 is 10.8 Å². The molecule has 1 aliphatic rings. The third-order valence-corrected chi connectivity index (χ3v) is 6.39. The van der Waals surface area contributed by atoms with Crippen LogP contribution in [0.1, 0.15) is 28.8 Å². The Bertz CT molecular complexity index is 1020. The van der Waals surface area contributed by atoms with Gasteiger partial charge in [-0.1, -0.05) is 30.3 Å². The minimum absolute atomic E-state index is 0.535. The van der Waals surface area contributed by atoms with Crippen LogP contribution in [0, 0.1) is 0 Å². The van der Waals surface area contributed by atoms with Crippen LogP contribution in [0.3, 0.4) is 0 Å². The highest BCUT2D eigenvalue weighted by Crippen LogP contribution is 2.36. The van der Waals surface area contributed by atoms with Crippen molar-refractivity contribution in [2.75, 3.05) is 12.3 Å². The van der Waals surface area contributed by atoms with Crippen LogP contribution in [0.15, 0.2) is 53.4 Å². The fourth-order valence-corrected chi connectivity index (χ4v) is 4.76. The molecule has 6 heteroatoms. The second kappa shape index (κ2) is 9.31. The number of thioether (sulfide) groups is 1. The van der Waals surface area contributed by atoms with Gasteiger partial charge >= 0.3 is 0 Å². The standard InChI is InChI=1S/C23H25N3O2S/c27-22(26-28)10-8-16-3-5-18(6-4-16)15-24-12-11-17-7-9-20-19(14-17)23-21(25-20)2-1-13-29-23/h3-10,14,24-25,28H,1-2,11-13,15H2,(H,26,27)/b10-8+. The third kappa shape index (κ3) is 4.90. The molecule has 0 aliphatic carbocycles. The lowest BCUT2D eigenvalue weighted by Crippen LogP contribution is -2.16. The highest BCUT2D eigenvalue weighted by Gasteiger charge is 2.15. The maximum Gasteiger partial charge on any atom is 0.267 e. The molecule has 0 saturated carbocycles. The van der Waals surface area contributed by atoms with Crippen LogP contribution in [-0.4, -0.2) is 28.4 Å². The summed E-state index contributed by atoms with van der Waals surface area (Å²) >= 11 is 1.98. The second-order valence-corrected chi connectivity index (χ2v) is 8.35. The molecule has 0 saturated heterocycles. The van der Waals surface area contributed by atoms with Gasteiger partial charge < -0.3 is 10.3 Å². The number of aromatic amines is 1. The number of benzene rings is 2. The Hall–Kier alpha value is -2.54. The van der Waals surface area contributed by atoms with E-state index in [0.29, 0.717) is 0 Å². The molecular formula is C23H25N3O2S. The lowest BCUT2D eigenvalue weighted by molar-refractivity contribution is -0.124. The molecular weight excluding hydrogens is 382 g/mol. The highest BCUT2D eigenvalue weighted by molar-refractivity contribution is 7.99. The lowest BCUT2D eigenvalue weighted by Gasteiger charge is -2.10. The Balaban J connectivity index is 1.29. The van der Waals surface area contributed by atoms with Gasteiger partial charge in [-0.15, -0.1) is 11.8 Å². The molecule has 0 radical (unpaired) electrons. The van der Waals surface area contributed by atoms with Gasteiger partial charge in [0.25, 0.3) is 5.91 Å². The number of carbonyl (C=O) groups excluding carboxylic acids is 1. The number of hydrogen-bond acceptors (Lipinski definition) is 4. The minimum Gasteiger partial charge on any atom is -0.357 e. The molecule has 0 spiro atoms. The van der Waals surface area contributed by atoms with Gasteiger partial charge in [-0.25, -0.2) is 5.48 Å². The van der Waals surface area contributed by atoms with Crippen molar-refractivity contribution in [2.45, 2.75) is 30.7 Å². The van der Waals surface area contributed by atoms with E-state index in [-0.39, 0.29) is 0 Å². The van der Waals surface area contributed by atoms with E-state index in [1.54, 1.807) is 11.6 Å². The maximum atomic E-state index is 11.0. The van der Waals surface area contributed by atoms with E-state index < -0.39 is 5.91 Å². The first-order chi connectivity index (χ1) is 14.2. The van der Waals surface area contributed by atoms with E-state index in [1.807, 2.05) is 36.0 Å². The zero-order valence-corrected chi connectivity index (χ0v) is 17.0. The Morgan fingerprint density at radius 1 is 1.17 bits per heavy atom. The SMILES string of the molecule is O=C(/C=C/c1ccc(CNCCc2ccc3[nH]c4c(c3c2)SCCC4)cc1)NO. The van der Waals surface area contributed by atoms with Gasteiger partial charge in [0.05, 0.1) is 0 Å². The topological polar surface area (TPSA) is 77.2 Å². The van der Waals surface area contributed by atoms with E-state index in [9.17, 15) is 4.79 Å². The monoisotopic (exact) mass is 407 g/mol. The summed E-state index contributed by atoms with van der Waals surface area (Å²) in [7, 11) is 0. The number of amides is 1. The van der Waals surface area contributed by atoms with Gasteiger partial charge in [0, 0.05) is 34.1 Å². The fraction of sp³-hybridized carbons (Fsp3) is 0.261.